The van der Waals surface area contributed by atoms with Gasteiger partial charge in [0, 0.05) is 12.5 Å². The van der Waals surface area contributed by atoms with Crippen LogP contribution >= 0.6 is 7.82 Å². The average molecular weight is 338 g/mol. The van der Waals surface area contributed by atoms with Gasteiger partial charge in [0.25, 0.3) is 0 Å². The molecule has 0 radical (unpaired) electrons. The van der Waals surface area contributed by atoms with Gasteiger partial charge in [-0.1, -0.05) is 6.58 Å². The molecule has 130 valence electrons. The van der Waals surface area contributed by atoms with Crippen LogP contribution in [0.1, 0.15) is 25.7 Å². The van der Waals surface area contributed by atoms with Crippen LogP contribution in [0.25, 0.3) is 0 Å². The van der Waals surface area contributed by atoms with E-state index in [1.165, 1.54) is 0 Å². The molecule has 0 saturated heterocycles. The zero-order valence-electron chi connectivity index (χ0n) is 13.8. The molecule has 0 aromatic carbocycles. The number of phosphoric ester groups is 1. The zero-order valence-corrected chi connectivity index (χ0v) is 14.7. The lowest BCUT2D eigenvalue weighted by molar-refractivity contribution is -0.870. The normalized spacial score (nSPS) is 14.4. The Hall–Kier alpha value is -0.720. The van der Waals surface area contributed by atoms with Crippen molar-refractivity contribution in [2.24, 2.45) is 0 Å². The number of carbonyl (C=O) groups excluding carboxylic acids is 1. The molecular weight excluding hydrogens is 309 g/mol. The molecular formula is C14H29NO6P+. The van der Waals surface area contributed by atoms with E-state index in [0.717, 1.165) is 23.5 Å². The van der Waals surface area contributed by atoms with E-state index in [4.69, 9.17) is 13.8 Å². The lowest BCUT2D eigenvalue weighted by Crippen LogP contribution is -2.35. The average Bonchev–Trinajstić information content (AvgIpc) is 2.41. The van der Waals surface area contributed by atoms with Gasteiger partial charge in [0.1, 0.15) is 0 Å². The lowest BCUT2D eigenvalue weighted by Gasteiger charge is -2.23. The quantitative estimate of drug-likeness (QED) is 0.182. The maximum absolute atomic E-state index is 11.6. The van der Waals surface area contributed by atoms with Crippen molar-refractivity contribution in [1.29, 1.82) is 0 Å². The highest BCUT2D eigenvalue weighted by Crippen LogP contribution is 2.43. The fourth-order valence-corrected chi connectivity index (χ4v) is 2.34. The molecule has 1 atom stereocenters. The Morgan fingerprint density at radius 3 is 2.18 bits per heavy atom. The van der Waals surface area contributed by atoms with Crippen molar-refractivity contribution in [2.45, 2.75) is 25.7 Å². The second-order valence-electron chi connectivity index (χ2n) is 5.93. The summed E-state index contributed by atoms with van der Waals surface area (Å²) in [4.78, 5) is 20.2. The lowest BCUT2D eigenvalue weighted by atomic mass is 10.2. The molecule has 22 heavy (non-hydrogen) atoms. The molecule has 0 heterocycles. The first-order valence-corrected chi connectivity index (χ1v) is 8.87. The third-order valence-corrected chi connectivity index (χ3v) is 3.70. The van der Waals surface area contributed by atoms with Gasteiger partial charge < -0.3 is 14.1 Å². The summed E-state index contributed by atoms with van der Waals surface area (Å²) in [7, 11) is 2.17. The van der Waals surface area contributed by atoms with Crippen LogP contribution in [-0.4, -0.2) is 62.9 Å². The summed E-state index contributed by atoms with van der Waals surface area (Å²) in [6.07, 6.45) is 3.79. The van der Waals surface area contributed by atoms with E-state index >= 15 is 0 Å². The Labute approximate surface area is 133 Å². The molecule has 0 aromatic heterocycles. The summed E-state index contributed by atoms with van der Waals surface area (Å²) < 4.78 is 26.9. The SMILES string of the molecule is C=CC(=O)OCCCCCOP(=O)(O)OCCC[N+](C)(C)C. The van der Waals surface area contributed by atoms with E-state index in [-0.39, 0.29) is 13.2 Å². The smallest absolute Gasteiger partial charge is 0.463 e. The zero-order chi connectivity index (χ0) is 17.1. The predicted octanol–water partition coefficient (Wildman–Crippen LogP) is 2.12. The van der Waals surface area contributed by atoms with Crippen LogP contribution in [0.15, 0.2) is 12.7 Å². The van der Waals surface area contributed by atoms with Crippen molar-refractivity contribution >= 4 is 13.8 Å². The van der Waals surface area contributed by atoms with Gasteiger partial charge >= 0.3 is 13.8 Å². The summed E-state index contributed by atoms with van der Waals surface area (Å²) in [6.45, 7) is 4.78. The van der Waals surface area contributed by atoms with Crippen molar-refractivity contribution in [2.75, 3.05) is 47.5 Å². The number of ether oxygens (including phenoxy) is 1. The third kappa shape index (κ3) is 14.2. The van der Waals surface area contributed by atoms with Crippen molar-refractivity contribution in [3.8, 4) is 0 Å². The number of rotatable bonds is 13. The third-order valence-electron chi connectivity index (χ3n) is 2.68. The van der Waals surface area contributed by atoms with Crippen LogP contribution < -0.4 is 0 Å². The van der Waals surface area contributed by atoms with E-state index < -0.39 is 13.8 Å². The van der Waals surface area contributed by atoms with Gasteiger partial charge in [-0.05, 0) is 19.3 Å². The molecule has 1 N–H and O–H groups in total. The molecule has 0 bridgehead atoms. The van der Waals surface area contributed by atoms with E-state index in [1.807, 2.05) is 21.1 Å². The van der Waals surface area contributed by atoms with E-state index in [1.54, 1.807) is 0 Å². The molecule has 7 nitrogen and oxygen atoms in total. The number of hydrogen-bond donors (Lipinski definition) is 1. The Morgan fingerprint density at radius 2 is 1.64 bits per heavy atom. The minimum absolute atomic E-state index is 0.137. The summed E-state index contributed by atoms with van der Waals surface area (Å²) in [6, 6.07) is 0. The summed E-state index contributed by atoms with van der Waals surface area (Å²) in [5, 5.41) is 0. The van der Waals surface area contributed by atoms with E-state index in [0.29, 0.717) is 25.9 Å². The fourth-order valence-electron chi connectivity index (χ4n) is 1.55. The van der Waals surface area contributed by atoms with Crippen molar-refractivity contribution < 1.29 is 32.5 Å². The molecule has 1 unspecified atom stereocenters. The maximum atomic E-state index is 11.6. The Morgan fingerprint density at radius 1 is 1.09 bits per heavy atom. The van der Waals surface area contributed by atoms with Gasteiger partial charge in [-0.2, -0.15) is 0 Å². The van der Waals surface area contributed by atoms with Crippen molar-refractivity contribution in [3.63, 3.8) is 0 Å². The number of esters is 1. The minimum atomic E-state index is -3.96. The van der Waals surface area contributed by atoms with Gasteiger partial charge in [0.05, 0.1) is 47.5 Å². The highest BCUT2D eigenvalue weighted by Gasteiger charge is 2.20. The van der Waals surface area contributed by atoms with Crippen LogP contribution in [0.2, 0.25) is 0 Å². The summed E-state index contributed by atoms with van der Waals surface area (Å²) in [5.41, 5.74) is 0. The van der Waals surface area contributed by atoms with Crippen LogP contribution in [-0.2, 0) is 23.1 Å². The Kier molecular flexibility index (Phi) is 10.6. The first-order valence-electron chi connectivity index (χ1n) is 7.38. The molecule has 0 amide bonds. The first kappa shape index (κ1) is 21.3. The molecule has 8 heteroatoms. The highest BCUT2D eigenvalue weighted by molar-refractivity contribution is 7.47. The number of nitrogens with zero attached hydrogens (tertiary/aromatic N) is 1. The molecule has 0 aliphatic heterocycles. The number of phosphoric acid groups is 1. The molecule has 0 saturated carbocycles. The molecule has 0 aliphatic rings. The van der Waals surface area contributed by atoms with Gasteiger partial charge in [-0.15, -0.1) is 0 Å². The monoisotopic (exact) mass is 338 g/mol. The maximum Gasteiger partial charge on any atom is 0.472 e. The van der Waals surface area contributed by atoms with Gasteiger partial charge in [-0.3, -0.25) is 9.05 Å². The minimum Gasteiger partial charge on any atom is -0.463 e. The predicted molar refractivity (Wildman–Crippen MR) is 84.3 cm³/mol. The van der Waals surface area contributed by atoms with Gasteiger partial charge in [-0.25, -0.2) is 9.36 Å². The van der Waals surface area contributed by atoms with Gasteiger partial charge in [0.2, 0.25) is 0 Å². The largest absolute Gasteiger partial charge is 0.472 e. The van der Waals surface area contributed by atoms with Crippen molar-refractivity contribution in [3.05, 3.63) is 12.7 Å². The number of quaternary nitrogens is 1. The summed E-state index contributed by atoms with van der Waals surface area (Å²) in [5.74, 6) is -0.446. The topological polar surface area (TPSA) is 82.1 Å². The Balaban J connectivity index is 3.57. The molecule has 0 rings (SSSR count). The molecule has 0 aliphatic carbocycles. The molecule has 0 aromatic rings. The van der Waals surface area contributed by atoms with Crippen molar-refractivity contribution in [1.82, 2.24) is 0 Å². The second-order valence-corrected chi connectivity index (χ2v) is 7.39. The highest BCUT2D eigenvalue weighted by atomic mass is 31.2. The van der Waals surface area contributed by atoms with Crippen LogP contribution in [0.5, 0.6) is 0 Å². The Bertz CT molecular complexity index is 380. The standard InChI is InChI=1S/C14H28NO6P/c1-5-14(16)19-11-7-6-8-12-20-22(17,18)21-13-9-10-15(2,3)4/h5H,1,6-13H2,2-4H3/p+1. The second kappa shape index (κ2) is 10.9. The first-order chi connectivity index (χ1) is 10.2. The number of carbonyl (C=O) groups is 1. The van der Waals surface area contributed by atoms with Gasteiger partial charge in [0.15, 0.2) is 0 Å². The van der Waals surface area contributed by atoms with Crippen LogP contribution in [0.4, 0.5) is 0 Å². The molecule has 0 fully saturated rings. The van der Waals surface area contributed by atoms with E-state index in [9.17, 15) is 14.3 Å². The van der Waals surface area contributed by atoms with Crippen LogP contribution in [0, 0.1) is 0 Å². The van der Waals surface area contributed by atoms with Crippen LogP contribution in [0.3, 0.4) is 0 Å². The summed E-state index contributed by atoms with van der Waals surface area (Å²) >= 11 is 0. The molecule has 0 spiro atoms. The fraction of sp³-hybridized carbons (Fsp3) is 0.786. The number of hydrogen-bond acceptors (Lipinski definition) is 5. The number of unbranched alkanes of at least 4 members (excludes halogenated alkanes) is 2. The van der Waals surface area contributed by atoms with E-state index in [2.05, 4.69) is 6.58 Å².